The Kier molecular flexibility index (Phi) is 5.58. The van der Waals surface area contributed by atoms with Gasteiger partial charge in [-0.15, -0.1) is 0 Å². The molecule has 0 aliphatic carbocycles. The topological polar surface area (TPSA) is 17.1 Å². The summed E-state index contributed by atoms with van der Waals surface area (Å²) < 4.78 is 0. The second-order valence-electron chi connectivity index (χ2n) is 5.80. The van der Waals surface area contributed by atoms with Crippen LogP contribution in [-0.2, 0) is 5.41 Å². The SMILES string of the molecule is CCCCC(Br)C(=O)c1ccc(C(C)(C)C)cc1. The van der Waals surface area contributed by atoms with Gasteiger partial charge in [-0.2, -0.15) is 0 Å². The lowest BCUT2D eigenvalue weighted by Crippen LogP contribution is -2.15. The van der Waals surface area contributed by atoms with Gasteiger partial charge in [-0.25, -0.2) is 0 Å². The molecule has 1 rings (SSSR count). The lowest BCUT2D eigenvalue weighted by Gasteiger charge is -2.19. The molecule has 0 radical (unpaired) electrons. The molecule has 0 aliphatic rings. The molecule has 0 saturated heterocycles. The van der Waals surface area contributed by atoms with E-state index in [2.05, 4.69) is 55.8 Å². The summed E-state index contributed by atoms with van der Waals surface area (Å²) in [6.45, 7) is 8.68. The van der Waals surface area contributed by atoms with Crippen molar-refractivity contribution < 1.29 is 4.79 Å². The monoisotopic (exact) mass is 310 g/mol. The number of carbonyl (C=O) groups excluding carboxylic acids is 1. The van der Waals surface area contributed by atoms with E-state index < -0.39 is 0 Å². The summed E-state index contributed by atoms with van der Waals surface area (Å²) in [5, 5.41) is 0. The van der Waals surface area contributed by atoms with Crippen molar-refractivity contribution in [1.82, 2.24) is 0 Å². The standard InChI is InChI=1S/C16H23BrO/c1-5-6-7-14(17)15(18)12-8-10-13(11-9-12)16(2,3)4/h8-11,14H,5-7H2,1-4H3. The smallest absolute Gasteiger partial charge is 0.176 e. The average Bonchev–Trinajstić information content (AvgIpc) is 2.34. The number of hydrogen-bond acceptors (Lipinski definition) is 1. The number of hydrogen-bond donors (Lipinski definition) is 0. The van der Waals surface area contributed by atoms with Crippen LogP contribution in [0.4, 0.5) is 0 Å². The maximum atomic E-state index is 12.2. The van der Waals surface area contributed by atoms with Crippen LogP contribution in [0.1, 0.15) is 62.9 Å². The summed E-state index contributed by atoms with van der Waals surface area (Å²) in [7, 11) is 0. The number of unbranched alkanes of at least 4 members (excludes halogenated alkanes) is 1. The number of benzene rings is 1. The van der Waals surface area contributed by atoms with Crippen molar-refractivity contribution in [1.29, 1.82) is 0 Å². The van der Waals surface area contributed by atoms with Crippen molar-refractivity contribution in [2.75, 3.05) is 0 Å². The van der Waals surface area contributed by atoms with Gasteiger partial charge in [0.15, 0.2) is 5.78 Å². The first kappa shape index (κ1) is 15.4. The maximum Gasteiger partial charge on any atom is 0.176 e. The molecule has 0 fully saturated rings. The van der Waals surface area contributed by atoms with Crippen LogP contribution in [0.5, 0.6) is 0 Å². The number of carbonyl (C=O) groups is 1. The normalized spacial score (nSPS) is 13.4. The van der Waals surface area contributed by atoms with Gasteiger partial charge in [0.05, 0.1) is 4.83 Å². The molecule has 0 amide bonds. The fraction of sp³-hybridized carbons (Fsp3) is 0.562. The molecule has 1 aromatic rings. The van der Waals surface area contributed by atoms with Gasteiger partial charge in [0.25, 0.3) is 0 Å². The molecule has 0 heterocycles. The van der Waals surface area contributed by atoms with E-state index in [-0.39, 0.29) is 16.0 Å². The predicted octanol–water partition coefficient (Wildman–Crippen LogP) is 5.12. The zero-order chi connectivity index (χ0) is 13.8. The molecule has 0 N–H and O–H groups in total. The van der Waals surface area contributed by atoms with Gasteiger partial charge in [0.2, 0.25) is 0 Å². The van der Waals surface area contributed by atoms with Crippen LogP contribution in [0.25, 0.3) is 0 Å². The highest BCUT2D eigenvalue weighted by Gasteiger charge is 2.18. The molecule has 2 heteroatoms. The Morgan fingerprint density at radius 2 is 1.78 bits per heavy atom. The average molecular weight is 311 g/mol. The largest absolute Gasteiger partial charge is 0.293 e. The van der Waals surface area contributed by atoms with Crippen molar-refractivity contribution in [2.45, 2.75) is 57.2 Å². The molecule has 0 aromatic heterocycles. The second-order valence-corrected chi connectivity index (χ2v) is 6.91. The fourth-order valence-corrected chi connectivity index (χ4v) is 2.42. The van der Waals surface area contributed by atoms with Gasteiger partial charge < -0.3 is 0 Å². The minimum atomic E-state index is -0.0436. The Labute approximate surface area is 119 Å². The molecule has 100 valence electrons. The van der Waals surface area contributed by atoms with Crippen LogP contribution in [0.2, 0.25) is 0 Å². The first-order valence-electron chi connectivity index (χ1n) is 6.65. The van der Waals surface area contributed by atoms with E-state index in [1.807, 2.05) is 12.1 Å². The van der Waals surface area contributed by atoms with Crippen molar-refractivity contribution in [3.8, 4) is 0 Å². The Bertz CT molecular complexity index is 387. The third-order valence-corrected chi connectivity index (χ3v) is 4.00. The quantitative estimate of drug-likeness (QED) is 0.545. The highest BCUT2D eigenvalue weighted by atomic mass is 79.9. The summed E-state index contributed by atoms with van der Waals surface area (Å²) in [4.78, 5) is 12.1. The highest BCUT2D eigenvalue weighted by Crippen LogP contribution is 2.23. The molecule has 1 nitrogen and oxygen atoms in total. The van der Waals surface area contributed by atoms with Crippen molar-refractivity contribution in [3.63, 3.8) is 0 Å². The van der Waals surface area contributed by atoms with Crippen LogP contribution in [0.3, 0.4) is 0 Å². The Balaban J connectivity index is 2.76. The van der Waals surface area contributed by atoms with E-state index in [0.29, 0.717) is 0 Å². The number of rotatable bonds is 5. The summed E-state index contributed by atoms with van der Waals surface area (Å²) >= 11 is 3.49. The molecule has 1 atom stereocenters. The van der Waals surface area contributed by atoms with Gasteiger partial charge >= 0.3 is 0 Å². The zero-order valence-electron chi connectivity index (χ0n) is 11.8. The van der Waals surface area contributed by atoms with Crippen LogP contribution in [-0.4, -0.2) is 10.6 Å². The lowest BCUT2D eigenvalue weighted by atomic mass is 9.86. The summed E-state index contributed by atoms with van der Waals surface area (Å²) in [6, 6.07) is 8.02. The van der Waals surface area contributed by atoms with Crippen LogP contribution < -0.4 is 0 Å². The molecule has 0 saturated carbocycles. The Morgan fingerprint density at radius 3 is 2.22 bits per heavy atom. The lowest BCUT2D eigenvalue weighted by molar-refractivity contribution is 0.0988. The van der Waals surface area contributed by atoms with Crippen LogP contribution in [0.15, 0.2) is 24.3 Å². The molecule has 0 spiro atoms. The van der Waals surface area contributed by atoms with Gasteiger partial charge in [-0.05, 0) is 17.4 Å². The minimum absolute atomic E-state index is 0.0436. The summed E-state index contributed by atoms with van der Waals surface area (Å²) in [6.07, 6.45) is 3.12. The molecule has 1 aromatic carbocycles. The van der Waals surface area contributed by atoms with Gasteiger partial charge in [0, 0.05) is 5.56 Å². The first-order valence-corrected chi connectivity index (χ1v) is 7.56. The first-order chi connectivity index (χ1) is 8.36. The molecular formula is C16H23BrO. The van der Waals surface area contributed by atoms with E-state index in [1.54, 1.807) is 0 Å². The Morgan fingerprint density at radius 1 is 1.22 bits per heavy atom. The minimum Gasteiger partial charge on any atom is -0.293 e. The van der Waals surface area contributed by atoms with E-state index in [0.717, 1.165) is 24.8 Å². The molecule has 0 aliphatic heterocycles. The van der Waals surface area contributed by atoms with Crippen molar-refractivity contribution in [2.24, 2.45) is 0 Å². The Hall–Kier alpha value is -0.630. The summed E-state index contributed by atoms with van der Waals surface area (Å²) in [5.74, 6) is 0.198. The van der Waals surface area contributed by atoms with Crippen molar-refractivity contribution in [3.05, 3.63) is 35.4 Å². The fourth-order valence-electron chi connectivity index (χ4n) is 1.83. The van der Waals surface area contributed by atoms with Gasteiger partial charge in [-0.1, -0.05) is 80.7 Å². The molecule has 18 heavy (non-hydrogen) atoms. The highest BCUT2D eigenvalue weighted by molar-refractivity contribution is 9.10. The maximum absolute atomic E-state index is 12.2. The number of Topliss-reactive ketones (excluding diaryl/α,β-unsaturated/α-hetero) is 1. The van der Waals surface area contributed by atoms with Gasteiger partial charge in [0.1, 0.15) is 0 Å². The third kappa shape index (κ3) is 4.24. The number of halogens is 1. The van der Waals surface area contributed by atoms with E-state index in [9.17, 15) is 4.79 Å². The van der Waals surface area contributed by atoms with E-state index in [4.69, 9.17) is 0 Å². The predicted molar refractivity (Wildman–Crippen MR) is 81.7 cm³/mol. The summed E-state index contributed by atoms with van der Waals surface area (Å²) in [5.41, 5.74) is 2.21. The second kappa shape index (κ2) is 6.51. The van der Waals surface area contributed by atoms with Gasteiger partial charge in [-0.3, -0.25) is 4.79 Å². The van der Waals surface area contributed by atoms with E-state index >= 15 is 0 Å². The molecule has 0 bridgehead atoms. The van der Waals surface area contributed by atoms with Crippen LogP contribution >= 0.6 is 15.9 Å². The van der Waals surface area contributed by atoms with E-state index in [1.165, 1.54) is 5.56 Å². The zero-order valence-corrected chi connectivity index (χ0v) is 13.4. The number of ketones is 1. The molecule has 1 unspecified atom stereocenters. The number of alkyl halides is 1. The van der Waals surface area contributed by atoms with Crippen LogP contribution in [0, 0.1) is 0 Å². The molecular weight excluding hydrogens is 288 g/mol. The third-order valence-electron chi connectivity index (χ3n) is 3.13. The van der Waals surface area contributed by atoms with Crippen molar-refractivity contribution >= 4 is 21.7 Å².